The lowest BCUT2D eigenvalue weighted by Gasteiger charge is -2.34. The topological polar surface area (TPSA) is 112 Å². The number of nitrogens with zero attached hydrogens (tertiary/aromatic N) is 5. The number of amides is 2. The maximum absolute atomic E-state index is 15.0. The molecule has 264 valence electrons. The Morgan fingerprint density at radius 3 is 2.41 bits per heavy atom. The van der Waals surface area contributed by atoms with Crippen molar-refractivity contribution in [1.82, 2.24) is 24.3 Å². The Balaban J connectivity index is 1.37. The molecule has 3 aromatic heterocycles. The van der Waals surface area contributed by atoms with Crippen LogP contribution >= 0.6 is 23.2 Å². The number of nitrogens with one attached hydrogen (secondary N) is 1. The Morgan fingerprint density at radius 2 is 1.75 bits per heavy atom. The van der Waals surface area contributed by atoms with E-state index >= 15 is 4.79 Å². The van der Waals surface area contributed by atoms with Gasteiger partial charge in [-0.15, -0.1) is 0 Å². The molecule has 1 aliphatic heterocycles. The highest BCUT2D eigenvalue weighted by molar-refractivity contribution is 6.35. The van der Waals surface area contributed by atoms with Crippen LogP contribution in [0.5, 0.6) is 5.75 Å². The van der Waals surface area contributed by atoms with Gasteiger partial charge >= 0.3 is 0 Å². The summed E-state index contributed by atoms with van der Waals surface area (Å²) in [5.41, 5.74) is 12.4. The highest BCUT2D eigenvalue weighted by Crippen LogP contribution is 2.45. The SMILES string of the molecule is Cc1cc(OCCCc2c3n(c4c(-c5c(C)nn(C)c5C)c(Cl)ccc24)[C@H](C)CN(c2cn(C)c4ccc(C(=O)NN)cc24)C3=O)cc(C)c1Cl. The second kappa shape index (κ2) is 13.1. The number of anilines is 1. The van der Waals surface area contributed by atoms with Crippen LogP contribution in [0, 0.1) is 27.7 Å². The number of carbonyl (C=O) groups excluding carboxylic acids is 2. The third-order valence-electron chi connectivity index (χ3n) is 10.2. The predicted molar refractivity (Wildman–Crippen MR) is 204 cm³/mol. The second-order valence-corrected chi connectivity index (χ2v) is 14.4. The molecule has 10 nitrogen and oxygen atoms in total. The molecule has 0 radical (unpaired) electrons. The summed E-state index contributed by atoms with van der Waals surface area (Å²) in [7, 11) is 3.87. The Kier molecular flexibility index (Phi) is 8.90. The fourth-order valence-electron chi connectivity index (χ4n) is 7.75. The summed E-state index contributed by atoms with van der Waals surface area (Å²) < 4.78 is 12.2. The van der Waals surface area contributed by atoms with Gasteiger partial charge in [-0.05, 0) is 101 Å². The molecule has 0 fully saturated rings. The number of carbonyl (C=O) groups is 2. The van der Waals surface area contributed by atoms with Crippen molar-refractivity contribution < 1.29 is 14.3 Å². The second-order valence-electron chi connectivity index (χ2n) is 13.6. The van der Waals surface area contributed by atoms with Gasteiger partial charge in [-0.3, -0.25) is 19.7 Å². The van der Waals surface area contributed by atoms with E-state index in [2.05, 4.69) is 16.9 Å². The lowest BCUT2D eigenvalue weighted by Crippen LogP contribution is -2.42. The van der Waals surface area contributed by atoms with Crippen molar-refractivity contribution in [3.8, 4) is 16.9 Å². The van der Waals surface area contributed by atoms with E-state index in [-0.39, 0.29) is 11.9 Å². The summed E-state index contributed by atoms with van der Waals surface area (Å²) in [4.78, 5) is 29.4. The van der Waals surface area contributed by atoms with Crippen molar-refractivity contribution >= 4 is 62.5 Å². The number of aromatic nitrogens is 4. The summed E-state index contributed by atoms with van der Waals surface area (Å²) in [6.45, 7) is 11.0. The smallest absolute Gasteiger partial charge is 0.275 e. The van der Waals surface area contributed by atoms with Crippen molar-refractivity contribution in [2.75, 3.05) is 18.1 Å². The minimum atomic E-state index is -0.399. The number of aryl methyl sites for hydroxylation is 6. The molecule has 4 heterocycles. The number of nitrogen functional groups attached to an aromatic ring is 1. The lowest BCUT2D eigenvalue weighted by atomic mass is 9.98. The van der Waals surface area contributed by atoms with Crippen LogP contribution in [0.2, 0.25) is 10.0 Å². The molecule has 3 N–H and O–H groups in total. The van der Waals surface area contributed by atoms with Crippen molar-refractivity contribution in [3.05, 3.63) is 98.0 Å². The normalized spacial score (nSPS) is 14.5. The number of benzene rings is 3. The van der Waals surface area contributed by atoms with Gasteiger partial charge in [0.15, 0.2) is 0 Å². The van der Waals surface area contributed by atoms with Crippen LogP contribution in [-0.2, 0) is 20.5 Å². The number of ether oxygens (including phenoxy) is 1. The molecule has 0 unspecified atom stereocenters. The molecular formula is C39H41Cl2N7O3. The number of hydrogen-bond donors (Lipinski definition) is 2. The fourth-order valence-corrected chi connectivity index (χ4v) is 8.10. The van der Waals surface area contributed by atoms with E-state index in [1.165, 1.54) is 0 Å². The largest absolute Gasteiger partial charge is 0.494 e. The Bertz CT molecular complexity index is 2380. The first-order chi connectivity index (χ1) is 24.3. The molecule has 0 spiro atoms. The average molecular weight is 727 g/mol. The van der Waals surface area contributed by atoms with Crippen molar-refractivity contribution in [1.29, 1.82) is 0 Å². The van der Waals surface area contributed by atoms with Crippen molar-refractivity contribution in [2.45, 2.75) is 53.5 Å². The molecule has 1 aliphatic rings. The van der Waals surface area contributed by atoms with Crippen LogP contribution in [0.3, 0.4) is 0 Å². The van der Waals surface area contributed by atoms with Crippen LogP contribution in [0.1, 0.15) is 68.3 Å². The van der Waals surface area contributed by atoms with Gasteiger partial charge in [0.1, 0.15) is 11.4 Å². The fraction of sp³-hybridized carbons (Fsp3) is 0.308. The summed E-state index contributed by atoms with van der Waals surface area (Å²) in [6.07, 6.45) is 3.22. The third kappa shape index (κ3) is 5.66. The quantitative estimate of drug-likeness (QED) is 0.0717. The third-order valence-corrected chi connectivity index (χ3v) is 11.1. The maximum atomic E-state index is 15.0. The van der Waals surface area contributed by atoms with E-state index in [1.54, 1.807) is 12.1 Å². The molecule has 7 rings (SSSR count). The highest BCUT2D eigenvalue weighted by Gasteiger charge is 2.37. The van der Waals surface area contributed by atoms with Gasteiger partial charge in [0.25, 0.3) is 11.8 Å². The number of hydrogen-bond acceptors (Lipinski definition) is 5. The lowest BCUT2D eigenvalue weighted by molar-refractivity contribution is 0.0948. The number of halogens is 2. The molecular weight excluding hydrogens is 685 g/mol. The van der Waals surface area contributed by atoms with E-state index in [0.717, 1.165) is 77.5 Å². The minimum absolute atomic E-state index is 0.118. The van der Waals surface area contributed by atoms with Crippen LogP contribution < -0.4 is 20.9 Å². The van der Waals surface area contributed by atoms with E-state index in [4.69, 9.17) is 38.9 Å². The zero-order chi connectivity index (χ0) is 36.5. The molecule has 1 atom stereocenters. The number of fused-ring (bicyclic) bond motifs is 4. The monoisotopic (exact) mass is 725 g/mol. The highest BCUT2D eigenvalue weighted by atomic mass is 35.5. The number of hydrazine groups is 1. The summed E-state index contributed by atoms with van der Waals surface area (Å²) in [5, 5.41) is 7.83. The van der Waals surface area contributed by atoms with Gasteiger partial charge < -0.3 is 18.8 Å². The van der Waals surface area contributed by atoms with Crippen molar-refractivity contribution in [3.63, 3.8) is 0 Å². The predicted octanol–water partition coefficient (Wildman–Crippen LogP) is 7.91. The van der Waals surface area contributed by atoms with E-state index < -0.39 is 5.91 Å². The van der Waals surface area contributed by atoms with Gasteiger partial charge in [0, 0.05) is 76.6 Å². The van der Waals surface area contributed by atoms with E-state index in [9.17, 15) is 4.79 Å². The molecule has 0 saturated carbocycles. The van der Waals surface area contributed by atoms with Gasteiger partial charge in [-0.1, -0.05) is 29.3 Å². The molecule has 0 saturated heterocycles. The molecule has 2 amide bonds. The molecule has 0 aliphatic carbocycles. The summed E-state index contributed by atoms with van der Waals surface area (Å²) in [6, 6.07) is 13.1. The Morgan fingerprint density at radius 1 is 1.02 bits per heavy atom. The Hall–Kier alpha value is -4.77. The standard InChI is InChI=1S/C39H41Cl2N7O3/c1-20-15-26(16-21(2)35(20)41)51-14-8-9-27-28-11-12-30(40)34(33-23(4)44-46(7)24(33)5)36(28)48-22(3)18-47(39(50)37(27)48)32-19-45(6)31-13-10-25(17-29(31)32)38(49)43-42/h10-13,15-17,19,22H,8-9,14,18,42H2,1-7H3,(H,43,49)/t22-/m1/s1. The Labute approximate surface area is 306 Å². The minimum Gasteiger partial charge on any atom is -0.494 e. The first-order valence-electron chi connectivity index (χ1n) is 17.0. The molecule has 6 aromatic rings. The van der Waals surface area contributed by atoms with Gasteiger partial charge in [0.05, 0.1) is 28.5 Å². The van der Waals surface area contributed by atoms with Crippen LogP contribution in [-0.4, -0.2) is 43.9 Å². The van der Waals surface area contributed by atoms with Crippen LogP contribution in [0.4, 0.5) is 5.69 Å². The van der Waals surface area contributed by atoms with Gasteiger partial charge in [0.2, 0.25) is 0 Å². The van der Waals surface area contributed by atoms with Gasteiger partial charge in [-0.25, -0.2) is 5.84 Å². The van der Waals surface area contributed by atoms with Crippen LogP contribution in [0.15, 0.2) is 48.7 Å². The van der Waals surface area contributed by atoms with Gasteiger partial charge in [-0.2, -0.15) is 5.10 Å². The molecule has 3 aromatic carbocycles. The molecule has 0 bridgehead atoms. The molecule has 51 heavy (non-hydrogen) atoms. The molecule has 12 heteroatoms. The van der Waals surface area contributed by atoms with E-state index in [0.29, 0.717) is 42.3 Å². The summed E-state index contributed by atoms with van der Waals surface area (Å²) >= 11 is 13.5. The summed E-state index contributed by atoms with van der Waals surface area (Å²) in [5.74, 6) is 5.72. The first-order valence-corrected chi connectivity index (χ1v) is 17.7. The van der Waals surface area contributed by atoms with E-state index in [1.807, 2.05) is 92.5 Å². The zero-order valence-electron chi connectivity index (χ0n) is 29.8. The average Bonchev–Trinajstić information content (AvgIpc) is 3.70. The zero-order valence-corrected chi connectivity index (χ0v) is 31.3. The first kappa shape index (κ1) is 34.7. The number of nitrogens with two attached hydrogens (primary N) is 1. The van der Waals surface area contributed by atoms with Crippen molar-refractivity contribution in [2.24, 2.45) is 19.9 Å². The van der Waals surface area contributed by atoms with Crippen LogP contribution in [0.25, 0.3) is 32.9 Å². The number of rotatable bonds is 8. The maximum Gasteiger partial charge on any atom is 0.275 e.